The molecule has 0 amide bonds. The van der Waals surface area contributed by atoms with Crippen molar-refractivity contribution in [3.63, 3.8) is 0 Å². The van der Waals surface area contributed by atoms with Crippen molar-refractivity contribution in [1.82, 2.24) is 14.0 Å². The van der Waals surface area contributed by atoms with Crippen molar-refractivity contribution in [3.8, 4) is 11.5 Å². The van der Waals surface area contributed by atoms with Crippen LogP contribution in [-0.4, -0.2) is 60.5 Å². The van der Waals surface area contributed by atoms with Gasteiger partial charge < -0.3 is 14.4 Å². The second-order valence-electron chi connectivity index (χ2n) is 6.95. The van der Waals surface area contributed by atoms with Crippen molar-refractivity contribution in [2.45, 2.75) is 6.42 Å². The molecule has 0 spiro atoms. The van der Waals surface area contributed by atoms with E-state index < -0.39 is 0 Å². The lowest BCUT2D eigenvalue weighted by atomic mass is 10.3. The van der Waals surface area contributed by atoms with E-state index in [1.807, 2.05) is 24.3 Å². The molecular weight excluding hydrogens is 360 g/mol. The van der Waals surface area contributed by atoms with E-state index in [0.29, 0.717) is 12.4 Å². The summed E-state index contributed by atoms with van der Waals surface area (Å²) in [6.45, 7) is 4.99. The largest absolute Gasteiger partial charge is 0.497 e. The van der Waals surface area contributed by atoms with Crippen LogP contribution in [0.25, 0.3) is 0 Å². The average molecular weight is 388 g/mol. The molecule has 1 aromatic heterocycles. The van der Waals surface area contributed by atoms with Crippen LogP contribution in [0.5, 0.6) is 11.5 Å². The number of methoxy groups -OCH3 is 1. The first-order valence-corrected chi connectivity index (χ1v) is 9.51. The Labute approximate surface area is 164 Å². The zero-order chi connectivity index (χ0) is 20.1. The smallest absolute Gasteiger partial charge is 0.332 e. The maximum Gasteiger partial charge on any atom is 0.332 e. The van der Waals surface area contributed by atoms with Gasteiger partial charge in [-0.2, -0.15) is 0 Å². The molecule has 1 aliphatic rings. The number of aromatic nitrogens is 2. The molecular formula is C20H28N4O4. The first kappa shape index (κ1) is 20.0. The highest BCUT2D eigenvalue weighted by atomic mass is 16.5. The summed E-state index contributed by atoms with van der Waals surface area (Å²) >= 11 is 0. The standard InChI is InChI=1S/C20H28N4O4/c1-21-18(15-19(25)22(2)20(21)26)24-12-10-23(11-13-24)9-4-14-28-17-7-5-16(27-3)6-8-17/h5-8,15H,4,9-14H2,1-3H3. The topological polar surface area (TPSA) is 68.9 Å². The second-order valence-corrected chi connectivity index (χ2v) is 6.95. The van der Waals surface area contributed by atoms with Crippen molar-refractivity contribution >= 4 is 5.82 Å². The third kappa shape index (κ3) is 4.56. The highest BCUT2D eigenvalue weighted by Crippen LogP contribution is 2.17. The van der Waals surface area contributed by atoms with E-state index >= 15 is 0 Å². The average Bonchev–Trinajstić information content (AvgIpc) is 2.73. The summed E-state index contributed by atoms with van der Waals surface area (Å²) < 4.78 is 13.6. The van der Waals surface area contributed by atoms with Gasteiger partial charge in [-0.05, 0) is 30.7 Å². The molecule has 3 rings (SSSR count). The van der Waals surface area contributed by atoms with Crippen LogP contribution in [0, 0.1) is 0 Å². The van der Waals surface area contributed by atoms with Crippen LogP contribution in [0.3, 0.4) is 0 Å². The molecule has 0 unspecified atom stereocenters. The van der Waals surface area contributed by atoms with Gasteiger partial charge in [0.2, 0.25) is 0 Å². The molecule has 0 saturated carbocycles. The van der Waals surface area contributed by atoms with Gasteiger partial charge in [0.1, 0.15) is 17.3 Å². The molecule has 0 radical (unpaired) electrons. The van der Waals surface area contributed by atoms with Gasteiger partial charge in [-0.25, -0.2) is 4.79 Å². The number of ether oxygens (including phenoxy) is 2. The van der Waals surface area contributed by atoms with Crippen molar-refractivity contribution in [3.05, 3.63) is 51.2 Å². The predicted octanol–water partition coefficient (Wildman–Crippen LogP) is 0.684. The van der Waals surface area contributed by atoms with E-state index in [1.165, 1.54) is 7.05 Å². The van der Waals surface area contributed by atoms with Gasteiger partial charge in [-0.3, -0.25) is 18.8 Å². The van der Waals surface area contributed by atoms with Gasteiger partial charge in [-0.1, -0.05) is 0 Å². The first-order chi connectivity index (χ1) is 13.5. The molecule has 152 valence electrons. The normalized spacial score (nSPS) is 14.9. The van der Waals surface area contributed by atoms with Crippen LogP contribution >= 0.6 is 0 Å². The van der Waals surface area contributed by atoms with Crippen molar-refractivity contribution in [2.24, 2.45) is 14.1 Å². The van der Waals surface area contributed by atoms with Crippen LogP contribution < -0.4 is 25.6 Å². The van der Waals surface area contributed by atoms with Crippen LogP contribution in [0.15, 0.2) is 39.9 Å². The zero-order valence-corrected chi connectivity index (χ0v) is 16.8. The van der Waals surface area contributed by atoms with Gasteiger partial charge in [0.15, 0.2) is 0 Å². The molecule has 8 heteroatoms. The predicted molar refractivity (Wildman–Crippen MR) is 109 cm³/mol. The lowest BCUT2D eigenvalue weighted by molar-refractivity contribution is 0.224. The quantitative estimate of drug-likeness (QED) is 0.650. The number of hydrogen-bond acceptors (Lipinski definition) is 6. The molecule has 0 N–H and O–H groups in total. The number of rotatable bonds is 7. The number of anilines is 1. The van der Waals surface area contributed by atoms with Gasteiger partial charge in [0.25, 0.3) is 5.56 Å². The minimum Gasteiger partial charge on any atom is -0.497 e. The van der Waals surface area contributed by atoms with E-state index in [1.54, 1.807) is 24.8 Å². The molecule has 1 aliphatic heterocycles. The van der Waals surface area contributed by atoms with Crippen LogP contribution in [0.1, 0.15) is 6.42 Å². The van der Waals surface area contributed by atoms with Crippen LogP contribution in [0.4, 0.5) is 5.82 Å². The Balaban J connectivity index is 1.44. The molecule has 0 aliphatic carbocycles. The Bertz CT molecular complexity index is 896. The summed E-state index contributed by atoms with van der Waals surface area (Å²) in [5.74, 6) is 2.35. The minimum absolute atomic E-state index is 0.267. The SMILES string of the molecule is COc1ccc(OCCCN2CCN(c3cc(=O)n(C)c(=O)n3C)CC2)cc1. The van der Waals surface area contributed by atoms with E-state index in [2.05, 4.69) is 9.80 Å². The highest BCUT2D eigenvalue weighted by molar-refractivity contribution is 5.39. The molecule has 1 fully saturated rings. The summed E-state index contributed by atoms with van der Waals surface area (Å²) in [5.41, 5.74) is -0.558. The monoisotopic (exact) mass is 388 g/mol. The fourth-order valence-electron chi connectivity index (χ4n) is 3.38. The lowest BCUT2D eigenvalue weighted by Crippen LogP contribution is -2.49. The summed E-state index contributed by atoms with van der Waals surface area (Å²) in [6.07, 6.45) is 0.941. The van der Waals surface area contributed by atoms with E-state index in [4.69, 9.17) is 9.47 Å². The Morgan fingerprint density at radius 3 is 2.21 bits per heavy atom. The Morgan fingerprint density at radius 1 is 0.929 bits per heavy atom. The Morgan fingerprint density at radius 2 is 1.57 bits per heavy atom. The molecule has 2 heterocycles. The first-order valence-electron chi connectivity index (χ1n) is 9.51. The van der Waals surface area contributed by atoms with Crippen molar-refractivity contribution in [1.29, 1.82) is 0 Å². The molecule has 0 bridgehead atoms. The molecule has 1 aromatic carbocycles. The van der Waals surface area contributed by atoms with E-state index in [9.17, 15) is 9.59 Å². The molecule has 1 saturated heterocycles. The third-order valence-corrected chi connectivity index (χ3v) is 5.14. The van der Waals surface area contributed by atoms with Crippen molar-refractivity contribution < 1.29 is 9.47 Å². The summed E-state index contributed by atoms with van der Waals surface area (Å²) in [5, 5.41) is 0. The second kappa shape index (κ2) is 8.97. The molecule has 28 heavy (non-hydrogen) atoms. The fraction of sp³-hybridized carbons (Fsp3) is 0.500. The summed E-state index contributed by atoms with van der Waals surface area (Å²) in [4.78, 5) is 28.5. The van der Waals surface area contributed by atoms with Gasteiger partial charge in [0, 0.05) is 52.9 Å². The Hall–Kier alpha value is -2.74. The van der Waals surface area contributed by atoms with Crippen LogP contribution in [-0.2, 0) is 14.1 Å². The third-order valence-electron chi connectivity index (χ3n) is 5.14. The van der Waals surface area contributed by atoms with Crippen molar-refractivity contribution in [2.75, 3.05) is 51.3 Å². The maximum atomic E-state index is 12.1. The van der Waals surface area contributed by atoms with Gasteiger partial charge >= 0.3 is 5.69 Å². The number of piperazine rings is 1. The number of nitrogens with zero attached hydrogens (tertiary/aromatic N) is 4. The minimum atomic E-state index is -0.291. The van der Waals surface area contributed by atoms with E-state index in [-0.39, 0.29) is 11.2 Å². The fourth-order valence-corrected chi connectivity index (χ4v) is 3.38. The number of hydrogen-bond donors (Lipinski definition) is 0. The van der Waals surface area contributed by atoms with Gasteiger partial charge in [-0.15, -0.1) is 0 Å². The molecule has 0 atom stereocenters. The lowest BCUT2D eigenvalue weighted by Gasteiger charge is -2.36. The molecule has 2 aromatic rings. The van der Waals surface area contributed by atoms with Crippen LogP contribution in [0.2, 0.25) is 0 Å². The summed E-state index contributed by atoms with van der Waals surface area (Å²) in [7, 11) is 4.85. The highest BCUT2D eigenvalue weighted by Gasteiger charge is 2.20. The Kier molecular flexibility index (Phi) is 6.41. The summed E-state index contributed by atoms with van der Waals surface area (Å²) in [6, 6.07) is 9.13. The van der Waals surface area contributed by atoms with E-state index in [0.717, 1.165) is 55.2 Å². The van der Waals surface area contributed by atoms with Gasteiger partial charge in [0.05, 0.1) is 13.7 Å². The molecule has 8 nitrogen and oxygen atoms in total. The maximum absolute atomic E-state index is 12.1. The zero-order valence-electron chi connectivity index (χ0n) is 16.8. The number of benzene rings is 1.